The molecule has 1 aliphatic heterocycles. The Morgan fingerprint density at radius 3 is 2.17 bits per heavy atom. The van der Waals surface area contributed by atoms with Crippen molar-refractivity contribution in [1.29, 1.82) is 0 Å². The van der Waals surface area contributed by atoms with Crippen LogP contribution in [0.1, 0.15) is 0 Å². The first-order valence-electron chi connectivity index (χ1n) is 10.8. The van der Waals surface area contributed by atoms with Gasteiger partial charge in [0.15, 0.2) is 17.3 Å². The summed E-state index contributed by atoms with van der Waals surface area (Å²) in [6, 6.07) is 7.49. The molecule has 2 heterocycles. The Morgan fingerprint density at radius 2 is 1.58 bits per heavy atom. The molecule has 1 aromatic heterocycles. The van der Waals surface area contributed by atoms with Crippen LogP contribution in [0.5, 0.6) is 28.7 Å². The van der Waals surface area contributed by atoms with Crippen molar-refractivity contribution in [3.8, 4) is 40.1 Å². The van der Waals surface area contributed by atoms with Gasteiger partial charge in [-0.2, -0.15) is 0 Å². The number of hydrogen-bond donors (Lipinski definition) is 5. The van der Waals surface area contributed by atoms with Crippen molar-refractivity contribution in [2.75, 3.05) is 27.9 Å². The smallest absolute Gasteiger partial charge is 0.239 e. The van der Waals surface area contributed by atoms with Gasteiger partial charge in [0.05, 0.1) is 27.9 Å². The lowest BCUT2D eigenvalue weighted by Crippen LogP contribution is -2.60. The van der Waals surface area contributed by atoms with E-state index < -0.39 is 48.5 Å². The van der Waals surface area contributed by atoms with Gasteiger partial charge in [-0.1, -0.05) is 0 Å². The van der Waals surface area contributed by atoms with E-state index in [0.717, 1.165) is 0 Å². The van der Waals surface area contributed by atoms with Gasteiger partial charge < -0.3 is 53.6 Å². The molecule has 3 aromatic rings. The van der Waals surface area contributed by atoms with E-state index in [9.17, 15) is 30.3 Å². The predicted molar refractivity (Wildman–Crippen MR) is 124 cm³/mol. The zero-order chi connectivity index (χ0) is 26.1. The summed E-state index contributed by atoms with van der Waals surface area (Å²) in [7, 11) is 3.99. The van der Waals surface area contributed by atoms with Crippen molar-refractivity contribution < 1.29 is 53.6 Å². The average Bonchev–Trinajstić information content (AvgIpc) is 2.88. The van der Waals surface area contributed by atoms with Gasteiger partial charge in [0.1, 0.15) is 41.1 Å². The first-order valence-corrected chi connectivity index (χ1v) is 10.8. The average molecular weight is 506 g/mol. The summed E-state index contributed by atoms with van der Waals surface area (Å²) in [4.78, 5) is 13.1. The Labute approximate surface area is 204 Å². The van der Waals surface area contributed by atoms with Crippen LogP contribution in [-0.2, 0) is 4.74 Å². The molecule has 0 saturated carbocycles. The molecule has 0 spiro atoms. The third kappa shape index (κ3) is 4.29. The number of hydrogen-bond acceptors (Lipinski definition) is 12. The first-order chi connectivity index (χ1) is 17.2. The molecular weight excluding hydrogens is 480 g/mol. The molecule has 2 aromatic carbocycles. The maximum atomic E-state index is 13.1. The maximum absolute atomic E-state index is 13.1. The van der Waals surface area contributed by atoms with Crippen molar-refractivity contribution in [2.24, 2.45) is 0 Å². The third-order valence-electron chi connectivity index (χ3n) is 5.88. The molecule has 0 bridgehead atoms. The monoisotopic (exact) mass is 506 g/mol. The fraction of sp³-hybridized carbons (Fsp3) is 0.375. The van der Waals surface area contributed by atoms with E-state index in [1.165, 1.54) is 39.5 Å². The van der Waals surface area contributed by atoms with E-state index >= 15 is 0 Å². The van der Waals surface area contributed by atoms with Crippen LogP contribution in [0.4, 0.5) is 0 Å². The van der Waals surface area contributed by atoms with Crippen LogP contribution < -0.4 is 24.4 Å². The molecule has 1 fully saturated rings. The Bertz CT molecular complexity index is 1280. The Morgan fingerprint density at radius 1 is 0.917 bits per heavy atom. The molecule has 5 atom stereocenters. The fourth-order valence-corrected chi connectivity index (χ4v) is 3.98. The number of aromatic hydroxyl groups is 1. The van der Waals surface area contributed by atoms with Gasteiger partial charge in [0.2, 0.25) is 23.2 Å². The number of aliphatic hydroxyl groups is 4. The number of aliphatic hydroxyl groups excluding tert-OH is 4. The van der Waals surface area contributed by atoms with Crippen LogP contribution in [0.2, 0.25) is 0 Å². The molecule has 1 saturated heterocycles. The topological polar surface area (TPSA) is 178 Å². The standard InChI is InChI=1S/C24H26O12/c1-31-13-8-12-15(17(27)22(13)32-2)18(28)23(33-3)21(35-12)10-4-6-11(7-5-10)34-24-20(30)19(29)16(26)14(9-25)36-24/h4-8,14,16,19-20,24-27,29-30H,9H2,1-3H3. The number of methoxy groups -OCH3 is 3. The minimum absolute atomic E-state index is 0.0261. The van der Waals surface area contributed by atoms with Gasteiger partial charge >= 0.3 is 0 Å². The Kier molecular flexibility index (Phi) is 7.24. The van der Waals surface area contributed by atoms with E-state index in [2.05, 4.69) is 0 Å². The maximum Gasteiger partial charge on any atom is 0.239 e. The molecule has 12 heteroatoms. The highest BCUT2D eigenvalue weighted by Crippen LogP contribution is 2.43. The zero-order valence-electron chi connectivity index (χ0n) is 19.6. The number of rotatable bonds is 7. The lowest BCUT2D eigenvalue weighted by molar-refractivity contribution is -0.277. The zero-order valence-corrected chi connectivity index (χ0v) is 19.6. The molecule has 5 unspecified atom stereocenters. The predicted octanol–water partition coefficient (Wildman–Crippen LogP) is 0.370. The summed E-state index contributed by atoms with van der Waals surface area (Å²) in [6.45, 7) is -0.587. The highest BCUT2D eigenvalue weighted by molar-refractivity contribution is 5.91. The van der Waals surface area contributed by atoms with Crippen molar-refractivity contribution in [3.63, 3.8) is 0 Å². The summed E-state index contributed by atoms with van der Waals surface area (Å²) in [5.41, 5.74) is -0.178. The molecular formula is C24H26O12. The van der Waals surface area contributed by atoms with Gasteiger partial charge in [-0.25, -0.2) is 0 Å². The minimum Gasteiger partial charge on any atom is -0.504 e. The fourth-order valence-electron chi connectivity index (χ4n) is 3.98. The summed E-state index contributed by atoms with van der Waals surface area (Å²) < 4.78 is 32.5. The largest absolute Gasteiger partial charge is 0.504 e. The molecule has 4 rings (SSSR count). The van der Waals surface area contributed by atoms with Crippen LogP contribution in [0.25, 0.3) is 22.3 Å². The van der Waals surface area contributed by atoms with Crippen molar-refractivity contribution in [2.45, 2.75) is 30.7 Å². The molecule has 0 aliphatic carbocycles. The number of fused-ring (bicyclic) bond motifs is 1. The third-order valence-corrected chi connectivity index (χ3v) is 5.88. The molecule has 5 N–H and O–H groups in total. The van der Waals surface area contributed by atoms with Crippen LogP contribution >= 0.6 is 0 Å². The number of phenolic OH excluding ortho intramolecular Hbond substituents is 1. The second-order valence-corrected chi connectivity index (χ2v) is 7.97. The molecule has 0 radical (unpaired) electrons. The second-order valence-electron chi connectivity index (χ2n) is 7.97. The van der Waals surface area contributed by atoms with Gasteiger partial charge in [-0.3, -0.25) is 4.79 Å². The van der Waals surface area contributed by atoms with Gasteiger partial charge in [0, 0.05) is 11.6 Å². The Hall–Kier alpha value is -3.55. The van der Waals surface area contributed by atoms with Gasteiger partial charge in [0.25, 0.3) is 0 Å². The molecule has 0 amide bonds. The van der Waals surface area contributed by atoms with Crippen LogP contribution in [0.15, 0.2) is 39.5 Å². The first kappa shape index (κ1) is 25.5. The lowest BCUT2D eigenvalue weighted by Gasteiger charge is -2.39. The summed E-state index contributed by atoms with van der Waals surface area (Å²) in [5.74, 6) is -0.191. The SMILES string of the molecule is COc1cc2oc(-c3ccc(OC4OC(CO)C(O)C(O)C4O)cc3)c(OC)c(=O)c2c(O)c1OC. The Balaban J connectivity index is 1.70. The number of ether oxygens (including phenoxy) is 5. The van der Waals surface area contributed by atoms with E-state index in [4.69, 9.17) is 28.1 Å². The van der Waals surface area contributed by atoms with Crippen LogP contribution in [0, 0.1) is 0 Å². The lowest BCUT2D eigenvalue weighted by atomic mass is 9.99. The van der Waals surface area contributed by atoms with Crippen molar-refractivity contribution >= 4 is 11.0 Å². The molecule has 36 heavy (non-hydrogen) atoms. The van der Waals surface area contributed by atoms with Gasteiger partial charge in [-0.05, 0) is 24.3 Å². The van der Waals surface area contributed by atoms with E-state index in [-0.39, 0.29) is 39.7 Å². The number of phenols is 1. The van der Waals surface area contributed by atoms with Crippen LogP contribution in [-0.4, -0.2) is 84.2 Å². The van der Waals surface area contributed by atoms with E-state index in [1.54, 1.807) is 12.1 Å². The normalized spacial score (nSPS) is 23.9. The summed E-state index contributed by atoms with van der Waals surface area (Å²) >= 11 is 0. The second kappa shape index (κ2) is 10.2. The molecule has 1 aliphatic rings. The van der Waals surface area contributed by atoms with E-state index in [1.807, 2.05) is 0 Å². The highest BCUT2D eigenvalue weighted by atomic mass is 16.7. The number of benzene rings is 2. The molecule has 12 nitrogen and oxygen atoms in total. The highest BCUT2D eigenvalue weighted by Gasteiger charge is 2.44. The van der Waals surface area contributed by atoms with Crippen molar-refractivity contribution in [1.82, 2.24) is 0 Å². The minimum atomic E-state index is -1.58. The van der Waals surface area contributed by atoms with E-state index in [0.29, 0.717) is 5.56 Å². The van der Waals surface area contributed by atoms with Crippen LogP contribution in [0.3, 0.4) is 0 Å². The van der Waals surface area contributed by atoms with Crippen molar-refractivity contribution in [3.05, 3.63) is 40.6 Å². The molecule has 194 valence electrons. The summed E-state index contributed by atoms with van der Waals surface area (Å²) in [5, 5.41) is 49.8. The van der Waals surface area contributed by atoms with Gasteiger partial charge in [-0.15, -0.1) is 0 Å². The summed E-state index contributed by atoms with van der Waals surface area (Å²) in [6.07, 6.45) is -7.13. The quantitative estimate of drug-likeness (QED) is 0.298.